The number of carbonyl (C=O) groups is 1. The van der Waals surface area contributed by atoms with Crippen LogP contribution in [-0.4, -0.2) is 17.3 Å². The lowest BCUT2D eigenvalue weighted by Crippen LogP contribution is -2.10. The van der Waals surface area contributed by atoms with Crippen molar-refractivity contribution in [2.24, 2.45) is 0 Å². The number of aryl methyl sites for hydroxylation is 1. The van der Waals surface area contributed by atoms with E-state index in [4.69, 9.17) is 4.74 Å². The molecule has 0 amide bonds. The predicted molar refractivity (Wildman–Crippen MR) is 117 cm³/mol. The molecule has 0 aliphatic heterocycles. The molecule has 2 aromatic rings. The fourth-order valence-corrected chi connectivity index (χ4v) is 4.02. The van der Waals surface area contributed by atoms with Gasteiger partial charge in [0, 0.05) is 4.90 Å². The highest BCUT2D eigenvalue weighted by Crippen LogP contribution is 2.32. The van der Waals surface area contributed by atoms with Gasteiger partial charge in [0.2, 0.25) is 0 Å². The van der Waals surface area contributed by atoms with Crippen LogP contribution in [0.3, 0.4) is 0 Å². The molecule has 154 valence electrons. The van der Waals surface area contributed by atoms with Crippen LogP contribution < -0.4 is 0 Å². The van der Waals surface area contributed by atoms with Crippen LogP contribution in [0.1, 0.15) is 43.4 Å². The summed E-state index contributed by atoms with van der Waals surface area (Å²) in [6.07, 6.45) is 6.79. The smallest absolute Gasteiger partial charge is 0.333 e. The largest absolute Gasteiger partial charge is 0.488 e. The molecule has 0 aromatic heterocycles. The molecule has 0 saturated carbocycles. The molecule has 1 unspecified atom stereocenters. The van der Waals surface area contributed by atoms with Crippen LogP contribution in [0.5, 0.6) is 0 Å². The SMILES string of the molecule is CCCC/C=C(\[C@@H](O/C=C/C(=O)OC)c1ccccc1)S(=O)c1ccc(C)cc1. The second-order valence-electron chi connectivity index (χ2n) is 6.58. The lowest BCUT2D eigenvalue weighted by Gasteiger charge is -2.21. The summed E-state index contributed by atoms with van der Waals surface area (Å²) < 4.78 is 24.0. The minimum absolute atomic E-state index is 0.506. The van der Waals surface area contributed by atoms with E-state index in [-0.39, 0.29) is 0 Å². The van der Waals surface area contributed by atoms with Gasteiger partial charge in [-0.15, -0.1) is 0 Å². The van der Waals surface area contributed by atoms with E-state index in [1.54, 1.807) is 0 Å². The van der Waals surface area contributed by atoms with E-state index in [1.807, 2.05) is 67.6 Å². The van der Waals surface area contributed by atoms with Crippen molar-refractivity contribution in [1.29, 1.82) is 0 Å². The number of hydrogen-bond donors (Lipinski definition) is 0. The maximum atomic E-state index is 13.5. The van der Waals surface area contributed by atoms with Gasteiger partial charge in [-0.2, -0.15) is 0 Å². The molecule has 2 aromatic carbocycles. The first-order chi connectivity index (χ1) is 14.1. The van der Waals surface area contributed by atoms with Crippen LogP contribution in [-0.2, 0) is 25.1 Å². The molecule has 0 bridgehead atoms. The van der Waals surface area contributed by atoms with Crippen molar-refractivity contribution >= 4 is 16.8 Å². The van der Waals surface area contributed by atoms with Gasteiger partial charge in [0.25, 0.3) is 0 Å². The summed E-state index contributed by atoms with van der Waals surface area (Å²) in [6, 6.07) is 17.3. The Bertz CT molecular complexity index is 854. The van der Waals surface area contributed by atoms with Crippen molar-refractivity contribution in [2.75, 3.05) is 7.11 Å². The molecule has 0 saturated heterocycles. The zero-order chi connectivity index (χ0) is 21.1. The number of methoxy groups -OCH3 is 1. The van der Waals surface area contributed by atoms with Crippen LogP contribution >= 0.6 is 0 Å². The normalized spacial score (nSPS) is 13.8. The topological polar surface area (TPSA) is 52.6 Å². The van der Waals surface area contributed by atoms with Crippen LogP contribution in [0.25, 0.3) is 0 Å². The second kappa shape index (κ2) is 12.0. The van der Waals surface area contributed by atoms with Crippen LogP contribution in [0, 0.1) is 6.92 Å². The minimum Gasteiger partial charge on any atom is -0.488 e. The van der Waals surface area contributed by atoms with Crippen molar-refractivity contribution in [3.63, 3.8) is 0 Å². The molecular weight excluding hydrogens is 384 g/mol. The standard InChI is InChI=1S/C24H28O4S/c1-4-5-7-12-22(29(26)21-15-13-19(2)14-16-21)24(20-10-8-6-9-11-20)28-18-17-23(25)27-3/h6,8-18,24H,4-5,7H2,1-3H3/b18-17+,22-12+/t24-,29?/m0/s1. The van der Waals surface area contributed by atoms with Crippen molar-refractivity contribution in [2.45, 2.75) is 44.1 Å². The second-order valence-corrected chi connectivity index (χ2v) is 8.06. The number of carbonyl (C=O) groups excluding carboxylic acids is 1. The Kier molecular flexibility index (Phi) is 9.38. The maximum absolute atomic E-state index is 13.5. The first kappa shape index (κ1) is 22.6. The first-order valence-electron chi connectivity index (χ1n) is 9.70. The van der Waals surface area contributed by atoms with E-state index >= 15 is 0 Å². The molecule has 0 radical (unpaired) electrons. The monoisotopic (exact) mass is 412 g/mol. The Morgan fingerprint density at radius 1 is 1.10 bits per heavy atom. The summed E-state index contributed by atoms with van der Waals surface area (Å²) in [5.74, 6) is -0.506. The number of esters is 1. The molecule has 0 aliphatic rings. The van der Waals surface area contributed by atoms with Gasteiger partial charge in [-0.3, -0.25) is 0 Å². The predicted octanol–water partition coefficient (Wildman–Crippen LogP) is 5.62. The van der Waals surface area contributed by atoms with Gasteiger partial charge in [-0.25, -0.2) is 9.00 Å². The van der Waals surface area contributed by atoms with E-state index in [9.17, 15) is 9.00 Å². The van der Waals surface area contributed by atoms with Gasteiger partial charge in [-0.1, -0.05) is 73.9 Å². The number of allylic oxidation sites excluding steroid dienone is 1. The summed E-state index contributed by atoms with van der Waals surface area (Å²) in [5.41, 5.74) is 1.98. The lowest BCUT2D eigenvalue weighted by atomic mass is 10.1. The zero-order valence-electron chi connectivity index (χ0n) is 17.2. The van der Waals surface area contributed by atoms with Crippen LogP contribution in [0.4, 0.5) is 0 Å². The highest BCUT2D eigenvalue weighted by molar-refractivity contribution is 7.89. The third-order valence-electron chi connectivity index (χ3n) is 4.33. The number of hydrogen-bond acceptors (Lipinski definition) is 4. The highest BCUT2D eigenvalue weighted by Gasteiger charge is 2.23. The quantitative estimate of drug-likeness (QED) is 0.220. The Morgan fingerprint density at radius 2 is 1.79 bits per heavy atom. The maximum Gasteiger partial charge on any atom is 0.333 e. The van der Waals surface area contributed by atoms with Gasteiger partial charge in [0.15, 0.2) is 6.10 Å². The highest BCUT2D eigenvalue weighted by atomic mass is 32.2. The Balaban J connectivity index is 2.43. The van der Waals surface area contributed by atoms with Gasteiger partial charge in [0.05, 0.1) is 35.2 Å². The molecule has 0 fully saturated rings. The summed E-state index contributed by atoms with van der Waals surface area (Å²) >= 11 is 0. The average molecular weight is 413 g/mol. The van der Waals surface area contributed by atoms with E-state index in [0.717, 1.165) is 35.3 Å². The molecule has 2 atom stereocenters. The Labute approximate surface area is 175 Å². The Morgan fingerprint density at radius 3 is 2.41 bits per heavy atom. The molecule has 0 N–H and O–H groups in total. The van der Waals surface area contributed by atoms with Gasteiger partial charge in [0.1, 0.15) is 0 Å². The van der Waals surface area contributed by atoms with Crippen LogP contribution in [0.2, 0.25) is 0 Å². The van der Waals surface area contributed by atoms with E-state index in [0.29, 0.717) is 4.91 Å². The molecule has 0 heterocycles. The molecule has 5 heteroatoms. The number of ether oxygens (including phenoxy) is 2. The summed E-state index contributed by atoms with van der Waals surface area (Å²) in [4.78, 5) is 12.8. The fraction of sp³-hybridized carbons (Fsp3) is 0.292. The molecule has 0 aliphatic carbocycles. The molecule has 29 heavy (non-hydrogen) atoms. The van der Waals surface area contributed by atoms with E-state index in [2.05, 4.69) is 11.7 Å². The first-order valence-corrected chi connectivity index (χ1v) is 10.8. The molecule has 2 rings (SSSR count). The zero-order valence-corrected chi connectivity index (χ0v) is 18.0. The Hall–Kier alpha value is -2.66. The molecular formula is C24H28O4S. The third kappa shape index (κ3) is 7.02. The van der Waals surface area contributed by atoms with Crippen molar-refractivity contribution in [3.05, 3.63) is 89.0 Å². The minimum atomic E-state index is -1.39. The van der Waals surface area contributed by atoms with Crippen molar-refractivity contribution in [3.8, 4) is 0 Å². The summed E-state index contributed by atoms with van der Waals surface area (Å²) in [7, 11) is -0.0840. The van der Waals surface area contributed by atoms with Crippen LogP contribution in [0.15, 0.2) is 82.8 Å². The summed E-state index contributed by atoms with van der Waals surface area (Å²) in [5, 5.41) is 0. The van der Waals surface area contributed by atoms with Gasteiger partial charge >= 0.3 is 5.97 Å². The van der Waals surface area contributed by atoms with Crippen molar-refractivity contribution < 1.29 is 18.5 Å². The third-order valence-corrected chi connectivity index (χ3v) is 5.84. The van der Waals surface area contributed by atoms with Gasteiger partial charge < -0.3 is 9.47 Å². The van der Waals surface area contributed by atoms with Gasteiger partial charge in [-0.05, 0) is 31.0 Å². The van der Waals surface area contributed by atoms with Crippen molar-refractivity contribution in [1.82, 2.24) is 0 Å². The number of unbranched alkanes of at least 4 members (excludes halogenated alkanes) is 2. The number of rotatable bonds is 10. The van der Waals surface area contributed by atoms with E-state index in [1.165, 1.54) is 19.4 Å². The number of benzene rings is 2. The lowest BCUT2D eigenvalue weighted by molar-refractivity contribution is -0.135. The molecule has 4 nitrogen and oxygen atoms in total. The molecule has 0 spiro atoms. The van der Waals surface area contributed by atoms with E-state index < -0.39 is 22.9 Å². The summed E-state index contributed by atoms with van der Waals surface area (Å²) in [6.45, 7) is 4.12. The fourth-order valence-electron chi connectivity index (χ4n) is 2.71. The average Bonchev–Trinajstić information content (AvgIpc) is 2.75.